The van der Waals surface area contributed by atoms with Crippen LogP contribution < -0.4 is 10.8 Å². The average molecular weight is 200 g/mol. The summed E-state index contributed by atoms with van der Waals surface area (Å²) < 4.78 is 0. The summed E-state index contributed by atoms with van der Waals surface area (Å²) >= 11 is 0. The van der Waals surface area contributed by atoms with Crippen LogP contribution in [-0.4, -0.2) is 24.1 Å². The molecule has 0 aromatic rings. The van der Waals surface area contributed by atoms with E-state index >= 15 is 0 Å². The number of amides is 1. The molecule has 82 valence electrons. The molecule has 14 heavy (non-hydrogen) atoms. The summed E-state index contributed by atoms with van der Waals surface area (Å²) in [6.45, 7) is 6.64. The van der Waals surface area contributed by atoms with Crippen molar-refractivity contribution in [2.45, 2.75) is 51.7 Å². The Morgan fingerprint density at radius 1 is 1.43 bits per heavy atom. The first kappa shape index (κ1) is 11.5. The van der Waals surface area contributed by atoms with Crippen LogP contribution in [0.4, 0.5) is 0 Å². The molecule has 0 unspecified atom stereocenters. The van der Waals surface area contributed by atoms with Gasteiger partial charge in [0.15, 0.2) is 0 Å². The molecule has 1 aliphatic rings. The maximum Gasteiger partial charge on any atom is 0.260 e. The maximum atomic E-state index is 11.5. The van der Waals surface area contributed by atoms with Gasteiger partial charge in [0.05, 0.1) is 11.6 Å². The second-order valence-electron chi connectivity index (χ2n) is 4.68. The number of rotatable bonds is 2. The molecule has 0 aromatic heterocycles. The van der Waals surface area contributed by atoms with Crippen molar-refractivity contribution < 1.29 is 9.63 Å². The molecule has 4 nitrogen and oxygen atoms in total. The molecule has 0 spiro atoms. The van der Waals surface area contributed by atoms with Crippen LogP contribution in [0.25, 0.3) is 0 Å². The monoisotopic (exact) mass is 200 g/mol. The first-order valence-electron chi connectivity index (χ1n) is 5.20. The Morgan fingerprint density at radius 2 is 2.14 bits per heavy atom. The van der Waals surface area contributed by atoms with E-state index in [-0.39, 0.29) is 17.6 Å². The Hall–Kier alpha value is -0.610. The van der Waals surface area contributed by atoms with Crippen LogP contribution in [0.3, 0.4) is 0 Å². The Bertz CT molecular complexity index is 193. The number of carbonyl (C=O) groups excluding carboxylic acids is 1. The largest absolute Gasteiger partial charge is 0.306 e. The number of nitrogens with one attached hydrogen (secondary N) is 2. The molecule has 1 aliphatic heterocycles. The first-order valence-corrected chi connectivity index (χ1v) is 5.20. The standard InChI is InChI=1S/C10H20N2O2/c1-10(2,3)14-12-9(13)8-6-4-5-7-11-8/h8,11H,4-7H2,1-3H3,(H,12,13)/t8-/m1/s1. The fourth-order valence-corrected chi connectivity index (χ4v) is 1.35. The molecule has 0 aliphatic carbocycles. The van der Waals surface area contributed by atoms with Gasteiger partial charge in [0.1, 0.15) is 0 Å². The van der Waals surface area contributed by atoms with E-state index in [1.807, 2.05) is 20.8 Å². The predicted molar refractivity (Wildman–Crippen MR) is 54.6 cm³/mol. The minimum atomic E-state index is -0.329. The van der Waals surface area contributed by atoms with Gasteiger partial charge in [-0.25, -0.2) is 5.48 Å². The third kappa shape index (κ3) is 4.07. The molecule has 0 saturated carbocycles. The van der Waals surface area contributed by atoms with Crippen LogP contribution in [0.15, 0.2) is 0 Å². The van der Waals surface area contributed by atoms with Gasteiger partial charge in [0.25, 0.3) is 5.91 Å². The summed E-state index contributed by atoms with van der Waals surface area (Å²) in [5, 5.41) is 3.16. The van der Waals surface area contributed by atoms with E-state index in [0.29, 0.717) is 0 Å². The van der Waals surface area contributed by atoms with E-state index in [2.05, 4.69) is 10.8 Å². The molecule has 1 heterocycles. The summed E-state index contributed by atoms with van der Waals surface area (Å²) in [4.78, 5) is 16.8. The number of hydrogen-bond acceptors (Lipinski definition) is 3. The summed E-state index contributed by atoms with van der Waals surface area (Å²) in [6, 6.07) is -0.0777. The van der Waals surface area contributed by atoms with E-state index in [4.69, 9.17) is 4.84 Å². The van der Waals surface area contributed by atoms with Crippen LogP contribution in [0.5, 0.6) is 0 Å². The summed E-state index contributed by atoms with van der Waals surface area (Å²) in [6.07, 6.45) is 3.17. The van der Waals surface area contributed by atoms with Gasteiger partial charge < -0.3 is 5.32 Å². The molecule has 0 aromatic carbocycles. The zero-order valence-electron chi connectivity index (χ0n) is 9.22. The van der Waals surface area contributed by atoms with Crippen molar-refractivity contribution in [3.8, 4) is 0 Å². The van der Waals surface area contributed by atoms with Crippen molar-refractivity contribution in [2.75, 3.05) is 6.54 Å². The average Bonchev–Trinajstić information content (AvgIpc) is 2.14. The second-order valence-corrected chi connectivity index (χ2v) is 4.68. The molecular formula is C10H20N2O2. The molecular weight excluding hydrogens is 180 g/mol. The zero-order valence-corrected chi connectivity index (χ0v) is 9.22. The summed E-state index contributed by atoms with van der Waals surface area (Å²) in [5.41, 5.74) is 2.16. The van der Waals surface area contributed by atoms with Crippen LogP contribution in [0, 0.1) is 0 Å². The molecule has 0 radical (unpaired) electrons. The highest BCUT2D eigenvalue weighted by atomic mass is 16.7. The van der Waals surface area contributed by atoms with Crippen molar-refractivity contribution >= 4 is 5.91 Å². The van der Waals surface area contributed by atoms with E-state index < -0.39 is 0 Å². The minimum absolute atomic E-state index is 0.0559. The van der Waals surface area contributed by atoms with Gasteiger partial charge in [-0.05, 0) is 40.2 Å². The van der Waals surface area contributed by atoms with Crippen molar-refractivity contribution in [3.05, 3.63) is 0 Å². The van der Waals surface area contributed by atoms with Gasteiger partial charge in [0.2, 0.25) is 0 Å². The number of carbonyl (C=O) groups is 1. The van der Waals surface area contributed by atoms with E-state index in [1.54, 1.807) is 0 Å². The SMILES string of the molecule is CC(C)(C)ONC(=O)[C@H]1CCCCN1. The Balaban J connectivity index is 2.27. The van der Waals surface area contributed by atoms with E-state index in [0.717, 1.165) is 25.8 Å². The predicted octanol–water partition coefficient (Wildman–Crippen LogP) is 0.975. The highest BCUT2D eigenvalue weighted by Crippen LogP contribution is 2.08. The van der Waals surface area contributed by atoms with Gasteiger partial charge in [-0.2, -0.15) is 0 Å². The van der Waals surface area contributed by atoms with Gasteiger partial charge in [-0.3, -0.25) is 9.63 Å². The third-order valence-corrected chi connectivity index (χ3v) is 2.08. The fourth-order valence-electron chi connectivity index (χ4n) is 1.35. The lowest BCUT2D eigenvalue weighted by Gasteiger charge is -2.25. The molecule has 1 rings (SSSR count). The lowest BCUT2D eigenvalue weighted by atomic mass is 10.0. The first-order chi connectivity index (χ1) is 6.49. The van der Waals surface area contributed by atoms with Crippen LogP contribution in [0.1, 0.15) is 40.0 Å². The second kappa shape index (κ2) is 4.75. The van der Waals surface area contributed by atoms with Crippen molar-refractivity contribution in [1.29, 1.82) is 0 Å². The molecule has 4 heteroatoms. The van der Waals surface area contributed by atoms with Gasteiger partial charge in [0, 0.05) is 0 Å². The molecule has 1 fully saturated rings. The van der Waals surface area contributed by atoms with E-state index in [9.17, 15) is 4.79 Å². The van der Waals surface area contributed by atoms with Crippen LogP contribution in [-0.2, 0) is 9.63 Å². The van der Waals surface area contributed by atoms with Gasteiger partial charge in [-0.15, -0.1) is 0 Å². The van der Waals surface area contributed by atoms with Gasteiger partial charge >= 0.3 is 0 Å². The van der Waals surface area contributed by atoms with Crippen LogP contribution >= 0.6 is 0 Å². The smallest absolute Gasteiger partial charge is 0.260 e. The molecule has 0 bridgehead atoms. The normalized spacial score (nSPS) is 23.2. The third-order valence-electron chi connectivity index (χ3n) is 2.08. The Kier molecular flexibility index (Phi) is 3.89. The Morgan fingerprint density at radius 3 is 2.64 bits per heavy atom. The van der Waals surface area contributed by atoms with Crippen LogP contribution in [0.2, 0.25) is 0 Å². The maximum absolute atomic E-state index is 11.5. The van der Waals surface area contributed by atoms with Gasteiger partial charge in [-0.1, -0.05) is 6.42 Å². The summed E-state index contributed by atoms with van der Waals surface area (Å²) in [7, 11) is 0. The molecule has 1 atom stereocenters. The molecule has 1 amide bonds. The lowest BCUT2D eigenvalue weighted by Crippen LogP contribution is -2.48. The quantitative estimate of drug-likeness (QED) is 0.653. The zero-order chi connectivity index (χ0) is 10.6. The number of hydrogen-bond donors (Lipinski definition) is 2. The number of piperidine rings is 1. The van der Waals surface area contributed by atoms with Crippen molar-refractivity contribution in [2.24, 2.45) is 0 Å². The Labute approximate surface area is 85.3 Å². The van der Waals surface area contributed by atoms with E-state index in [1.165, 1.54) is 0 Å². The summed E-state index contributed by atoms with van der Waals surface area (Å²) in [5.74, 6) is -0.0559. The lowest BCUT2D eigenvalue weighted by molar-refractivity contribution is -0.148. The van der Waals surface area contributed by atoms with Crippen molar-refractivity contribution in [1.82, 2.24) is 10.8 Å². The molecule has 1 saturated heterocycles. The number of hydroxylamine groups is 1. The van der Waals surface area contributed by atoms with Crippen molar-refractivity contribution in [3.63, 3.8) is 0 Å². The highest BCUT2D eigenvalue weighted by molar-refractivity contribution is 5.80. The minimum Gasteiger partial charge on any atom is -0.306 e. The fraction of sp³-hybridized carbons (Fsp3) is 0.900. The topological polar surface area (TPSA) is 50.4 Å². The highest BCUT2D eigenvalue weighted by Gasteiger charge is 2.22. The molecule has 2 N–H and O–H groups in total.